The summed E-state index contributed by atoms with van der Waals surface area (Å²) in [4.78, 5) is 17.1. The molecule has 2 heteroatoms. The molecule has 0 fully saturated rings. The number of Topliss-reactive ketones (excluding diaryl/α,β-unsaturated/α-hetero) is 1. The van der Waals surface area contributed by atoms with Crippen LogP contribution in [0.3, 0.4) is 0 Å². The van der Waals surface area contributed by atoms with E-state index in [1.807, 2.05) is 67.6 Å². The van der Waals surface area contributed by atoms with Crippen molar-refractivity contribution in [2.45, 2.75) is 12.8 Å². The molecule has 2 aromatic carbocycles. The van der Waals surface area contributed by atoms with Crippen LogP contribution in [0.1, 0.15) is 28.8 Å². The van der Waals surface area contributed by atoms with E-state index < -0.39 is 0 Å². The third kappa shape index (κ3) is 2.21. The average Bonchev–Trinajstić information content (AvgIpc) is 2.54. The number of fused-ring (bicyclic) bond motifs is 1. The Morgan fingerprint density at radius 3 is 2.50 bits per heavy atom. The van der Waals surface area contributed by atoms with Crippen LogP contribution in [0.5, 0.6) is 0 Å². The maximum atomic E-state index is 12.7. The summed E-state index contributed by atoms with van der Waals surface area (Å²) in [5.41, 5.74) is 2.51. The summed E-state index contributed by atoms with van der Waals surface area (Å²) in [7, 11) is 0. The van der Waals surface area contributed by atoms with Gasteiger partial charge in [0.15, 0.2) is 5.78 Å². The second-order valence-electron chi connectivity index (χ2n) is 4.88. The number of aromatic nitrogens is 1. The van der Waals surface area contributed by atoms with Crippen molar-refractivity contribution in [3.8, 4) is 0 Å². The van der Waals surface area contributed by atoms with Crippen molar-refractivity contribution in [2.75, 3.05) is 0 Å². The second kappa shape index (κ2) is 5.25. The van der Waals surface area contributed by atoms with E-state index >= 15 is 0 Å². The van der Waals surface area contributed by atoms with Gasteiger partial charge >= 0.3 is 0 Å². The van der Waals surface area contributed by atoms with Crippen LogP contribution in [0.15, 0.2) is 66.9 Å². The number of para-hydroxylation sites is 1. The molecule has 0 aliphatic rings. The van der Waals surface area contributed by atoms with E-state index in [9.17, 15) is 4.79 Å². The summed E-state index contributed by atoms with van der Waals surface area (Å²) in [6.45, 7) is 1.94. The van der Waals surface area contributed by atoms with E-state index in [0.717, 1.165) is 16.5 Å². The molecule has 0 saturated carbocycles. The molecule has 3 aromatic rings. The lowest BCUT2D eigenvalue weighted by Crippen LogP contribution is -2.10. The van der Waals surface area contributed by atoms with Crippen molar-refractivity contribution in [1.29, 1.82) is 0 Å². The predicted octanol–water partition coefficient (Wildman–Crippen LogP) is 4.22. The molecule has 0 spiro atoms. The minimum Gasteiger partial charge on any atom is -0.293 e. The number of hydrogen-bond acceptors (Lipinski definition) is 2. The third-order valence-electron chi connectivity index (χ3n) is 3.59. The van der Waals surface area contributed by atoms with Crippen molar-refractivity contribution >= 4 is 16.7 Å². The summed E-state index contributed by atoms with van der Waals surface area (Å²) in [5.74, 6) is -0.0516. The minimum absolute atomic E-state index is 0.112. The van der Waals surface area contributed by atoms with Gasteiger partial charge in [0, 0.05) is 23.1 Å². The molecule has 2 nitrogen and oxygen atoms in total. The van der Waals surface area contributed by atoms with E-state index in [-0.39, 0.29) is 11.7 Å². The molecule has 0 saturated heterocycles. The van der Waals surface area contributed by atoms with E-state index in [4.69, 9.17) is 0 Å². The van der Waals surface area contributed by atoms with Gasteiger partial charge in [0.25, 0.3) is 0 Å². The van der Waals surface area contributed by atoms with Gasteiger partial charge in [0.1, 0.15) is 0 Å². The minimum atomic E-state index is -0.163. The average molecular weight is 261 g/mol. The van der Waals surface area contributed by atoms with E-state index in [2.05, 4.69) is 4.98 Å². The van der Waals surface area contributed by atoms with Crippen LogP contribution in [-0.4, -0.2) is 10.8 Å². The van der Waals surface area contributed by atoms with Crippen molar-refractivity contribution in [1.82, 2.24) is 4.98 Å². The zero-order chi connectivity index (χ0) is 13.9. The summed E-state index contributed by atoms with van der Waals surface area (Å²) in [5, 5.41) is 0.999. The Morgan fingerprint density at radius 1 is 0.950 bits per heavy atom. The number of pyridine rings is 1. The largest absolute Gasteiger partial charge is 0.293 e. The zero-order valence-corrected chi connectivity index (χ0v) is 11.3. The highest BCUT2D eigenvalue weighted by atomic mass is 16.1. The molecular formula is C18H15NO. The van der Waals surface area contributed by atoms with Gasteiger partial charge in [0.2, 0.25) is 0 Å². The lowest BCUT2D eigenvalue weighted by Gasteiger charge is -2.12. The summed E-state index contributed by atoms with van der Waals surface area (Å²) in [6.07, 6.45) is 1.73. The van der Waals surface area contributed by atoms with Gasteiger partial charge in [-0.15, -0.1) is 0 Å². The Kier molecular flexibility index (Phi) is 3.30. The predicted molar refractivity (Wildman–Crippen MR) is 80.9 cm³/mol. The summed E-state index contributed by atoms with van der Waals surface area (Å²) >= 11 is 0. The first-order valence-corrected chi connectivity index (χ1v) is 6.70. The molecule has 0 amide bonds. The van der Waals surface area contributed by atoms with Gasteiger partial charge in [-0.1, -0.05) is 55.5 Å². The van der Waals surface area contributed by atoms with Crippen LogP contribution in [-0.2, 0) is 0 Å². The van der Waals surface area contributed by atoms with Crippen molar-refractivity contribution in [3.05, 3.63) is 78.0 Å². The number of rotatable bonds is 3. The normalized spacial score (nSPS) is 12.2. The molecule has 3 rings (SSSR count). The van der Waals surface area contributed by atoms with E-state index in [1.165, 1.54) is 0 Å². The second-order valence-corrected chi connectivity index (χ2v) is 4.88. The van der Waals surface area contributed by atoms with Crippen LogP contribution in [0.2, 0.25) is 0 Å². The number of carbonyl (C=O) groups is 1. The SMILES string of the molecule is CC(C(=O)c1cccc2cccnc12)c1ccccc1. The van der Waals surface area contributed by atoms with E-state index in [0.29, 0.717) is 5.56 Å². The van der Waals surface area contributed by atoms with Gasteiger partial charge in [-0.05, 0) is 17.7 Å². The molecule has 0 aliphatic carbocycles. The Bertz CT molecular complexity index is 744. The number of nitrogens with zero attached hydrogens (tertiary/aromatic N) is 1. The first-order valence-electron chi connectivity index (χ1n) is 6.70. The maximum Gasteiger partial charge on any atom is 0.172 e. The molecular weight excluding hydrogens is 246 g/mol. The fraction of sp³-hybridized carbons (Fsp3) is 0.111. The fourth-order valence-corrected chi connectivity index (χ4v) is 2.43. The topological polar surface area (TPSA) is 30.0 Å². The Morgan fingerprint density at radius 2 is 1.70 bits per heavy atom. The first-order chi connectivity index (χ1) is 9.77. The Balaban J connectivity index is 2.05. The number of ketones is 1. The molecule has 0 bridgehead atoms. The third-order valence-corrected chi connectivity index (χ3v) is 3.59. The Labute approximate surface area is 118 Å². The molecule has 1 heterocycles. The van der Waals surface area contributed by atoms with Crippen molar-refractivity contribution in [3.63, 3.8) is 0 Å². The number of hydrogen-bond donors (Lipinski definition) is 0. The summed E-state index contributed by atoms with van der Waals surface area (Å²) in [6, 6.07) is 19.5. The fourth-order valence-electron chi connectivity index (χ4n) is 2.43. The zero-order valence-electron chi connectivity index (χ0n) is 11.3. The van der Waals surface area contributed by atoms with Crippen molar-refractivity contribution in [2.24, 2.45) is 0 Å². The van der Waals surface area contributed by atoms with Gasteiger partial charge < -0.3 is 0 Å². The Hall–Kier alpha value is -2.48. The standard InChI is InChI=1S/C18H15NO/c1-13(14-7-3-2-4-8-14)18(20)16-11-5-9-15-10-6-12-19-17(15)16/h2-13H,1H3. The highest BCUT2D eigenvalue weighted by Crippen LogP contribution is 2.24. The van der Waals surface area contributed by atoms with Crippen LogP contribution in [0.25, 0.3) is 10.9 Å². The van der Waals surface area contributed by atoms with Crippen LogP contribution >= 0.6 is 0 Å². The maximum absolute atomic E-state index is 12.7. The molecule has 0 aliphatic heterocycles. The molecule has 0 radical (unpaired) electrons. The lowest BCUT2D eigenvalue weighted by molar-refractivity contribution is 0.0967. The highest BCUT2D eigenvalue weighted by Gasteiger charge is 2.19. The highest BCUT2D eigenvalue weighted by molar-refractivity contribution is 6.09. The monoisotopic (exact) mass is 261 g/mol. The van der Waals surface area contributed by atoms with Crippen LogP contribution in [0, 0.1) is 0 Å². The molecule has 20 heavy (non-hydrogen) atoms. The van der Waals surface area contributed by atoms with Gasteiger partial charge in [-0.2, -0.15) is 0 Å². The molecule has 0 N–H and O–H groups in total. The molecule has 1 atom stereocenters. The quantitative estimate of drug-likeness (QED) is 0.661. The van der Waals surface area contributed by atoms with E-state index in [1.54, 1.807) is 6.20 Å². The van der Waals surface area contributed by atoms with Crippen molar-refractivity contribution < 1.29 is 4.79 Å². The van der Waals surface area contributed by atoms with Gasteiger partial charge in [-0.3, -0.25) is 9.78 Å². The number of carbonyl (C=O) groups excluding carboxylic acids is 1. The molecule has 98 valence electrons. The van der Waals surface area contributed by atoms with Gasteiger partial charge in [-0.25, -0.2) is 0 Å². The smallest absolute Gasteiger partial charge is 0.172 e. The molecule has 1 unspecified atom stereocenters. The first kappa shape index (κ1) is 12.5. The summed E-state index contributed by atoms with van der Waals surface area (Å²) < 4.78 is 0. The molecule has 1 aromatic heterocycles. The number of benzene rings is 2. The van der Waals surface area contributed by atoms with Crippen LogP contribution in [0.4, 0.5) is 0 Å². The van der Waals surface area contributed by atoms with Crippen LogP contribution < -0.4 is 0 Å². The van der Waals surface area contributed by atoms with Gasteiger partial charge in [0.05, 0.1) is 5.52 Å². The lowest BCUT2D eigenvalue weighted by atomic mass is 9.91.